The molecule has 0 aromatic heterocycles. The molecule has 0 aliphatic heterocycles. The molecule has 0 saturated heterocycles. The fourth-order valence-corrected chi connectivity index (χ4v) is 2.83. The van der Waals surface area contributed by atoms with E-state index in [9.17, 15) is 4.79 Å². The van der Waals surface area contributed by atoms with Crippen molar-refractivity contribution in [3.63, 3.8) is 0 Å². The molecule has 2 aromatic rings. The average molecular weight is 371 g/mol. The molecule has 5 nitrogen and oxygen atoms in total. The second kappa shape index (κ2) is 9.31. The summed E-state index contributed by atoms with van der Waals surface area (Å²) in [5.74, 6) is 2.42. The van der Waals surface area contributed by atoms with E-state index in [1.54, 1.807) is 33.1 Å². The van der Waals surface area contributed by atoms with Gasteiger partial charge in [0.05, 0.1) is 14.2 Å². The summed E-state index contributed by atoms with van der Waals surface area (Å²) in [6.07, 6.45) is -0.582. The fraction of sp³-hybridized carbons (Fsp3) is 0.409. The molecule has 0 bridgehead atoms. The van der Waals surface area contributed by atoms with Gasteiger partial charge < -0.3 is 19.1 Å². The monoisotopic (exact) mass is 371 g/mol. The van der Waals surface area contributed by atoms with Gasteiger partial charge in [0, 0.05) is 25.2 Å². The predicted octanol–water partition coefficient (Wildman–Crippen LogP) is 4.25. The fourth-order valence-electron chi connectivity index (χ4n) is 2.83. The topological polar surface area (TPSA) is 48.0 Å². The summed E-state index contributed by atoms with van der Waals surface area (Å²) < 4.78 is 16.5. The zero-order chi connectivity index (χ0) is 20.0. The van der Waals surface area contributed by atoms with Crippen molar-refractivity contribution in [3.8, 4) is 17.2 Å². The number of amides is 1. The van der Waals surface area contributed by atoms with Crippen molar-refractivity contribution in [3.05, 3.63) is 53.6 Å². The van der Waals surface area contributed by atoms with Crippen molar-refractivity contribution in [2.24, 2.45) is 0 Å². The number of carbonyl (C=O) groups excluding carboxylic acids is 1. The molecule has 27 heavy (non-hydrogen) atoms. The van der Waals surface area contributed by atoms with Crippen molar-refractivity contribution < 1.29 is 19.0 Å². The summed E-state index contributed by atoms with van der Waals surface area (Å²) in [5.41, 5.74) is 2.09. The number of ether oxygens (including phenoxy) is 3. The molecule has 146 valence electrons. The predicted molar refractivity (Wildman–Crippen MR) is 107 cm³/mol. The van der Waals surface area contributed by atoms with Gasteiger partial charge in [-0.25, -0.2) is 0 Å². The molecule has 0 saturated carbocycles. The number of hydrogen-bond donors (Lipinski definition) is 0. The number of benzene rings is 2. The molecule has 1 unspecified atom stereocenters. The van der Waals surface area contributed by atoms with Crippen LogP contribution < -0.4 is 14.2 Å². The Morgan fingerprint density at radius 3 is 2.37 bits per heavy atom. The van der Waals surface area contributed by atoms with Crippen LogP contribution in [0.25, 0.3) is 0 Å². The number of rotatable bonds is 8. The highest BCUT2D eigenvalue weighted by atomic mass is 16.5. The van der Waals surface area contributed by atoms with E-state index in [1.807, 2.05) is 36.4 Å². The van der Waals surface area contributed by atoms with E-state index in [-0.39, 0.29) is 5.91 Å². The largest absolute Gasteiger partial charge is 0.497 e. The second-order valence-corrected chi connectivity index (χ2v) is 6.86. The molecule has 1 amide bonds. The Kier molecular flexibility index (Phi) is 7.11. The van der Waals surface area contributed by atoms with Crippen LogP contribution in [0.15, 0.2) is 42.5 Å². The molecule has 2 rings (SSSR count). The van der Waals surface area contributed by atoms with Crippen molar-refractivity contribution in [2.75, 3.05) is 21.3 Å². The highest BCUT2D eigenvalue weighted by Crippen LogP contribution is 2.26. The van der Waals surface area contributed by atoms with Gasteiger partial charge in [0.1, 0.15) is 17.2 Å². The molecular weight excluding hydrogens is 342 g/mol. The lowest BCUT2D eigenvalue weighted by Gasteiger charge is -2.23. The third-order valence-electron chi connectivity index (χ3n) is 4.46. The van der Waals surface area contributed by atoms with Gasteiger partial charge in [-0.2, -0.15) is 0 Å². The summed E-state index contributed by atoms with van der Waals surface area (Å²) in [6.45, 7) is 6.45. The third kappa shape index (κ3) is 5.39. The Balaban J connectivity index is 2.05. The Labute approximate surface area is 161 Å². The van der Waals surface area contributed by atoms with Gasteiger partial charge in [-0.3, -0.25) is 4.79 Å². The Bertz CT molecular complexity index is 773. The van der Waals surface area contributed by atoms with Crippen molar-refractivity contribution in [1.82, 2.24) is 4.90 Å². The van der Waals surface area contributed by atoms with Crippen LogP contribution in [0.3, 0.4) is 0 Å². The van der Waals surface area contributed by atoms with Crippen LogP contribution in [0.1, 0.15) is 37.8 Å². The van der Waals surface area contributed by atoms with E-state index in [4.69, 9.17) is 14.2 Å². The summed E-state index contributed by atoms with van der Waals surface area (Å²) in [7, 11) is 4.97. The molecule has 2 aromatic carbocycles. The third-order valence-corrected chi connectivity index (χ3v) is 4.46. The average Bonchev–Trinajstić information content (AvgIpc) is 2.67. The molecule has 0 spiro atoms. The smallest absolute Gasteiger partial charge is 0.263 e. The first-order valence-corrected chi connectivity index (χ1v) is 9.08. The second-order valence-electron chi connectivity index (χ2n) is 6.86. The van der Waals surface area contributed by atoms with E-state index in [2.05, 4.69) is 19.9 Å². The minimum absolute atomic E-state index is 0.0946. The van der Waals surface area contributed by atoms with Crippen LogP contribution in [0, 0.1) is 0 Å². The maximum absolute atomic E-state index is 12.7. The summed E-state index contributed by atoms with van der Waals surface area (Å²) >= 11 is 0. The summed E-state index contributed by atoms with van der Waals surface area (Å²) in [5, 5.41) is 0. The Morgan fingerprint density at radius 2 is 1.74 bits per heavy atom. The maximum atomic E-state index is 12.7. The van der Waals surface area contributed by atoms with E-state index in [1.165, 1.54) is 5.56 Å². The standard InChI is InChI=1S/C22H29NO4/c1-15(2)17-8-7-9-20(12-17)27-16(3)22(24)23(4)14-18-10-11-19(25-5)13-21(18)26-6/h7-13,15-16H,14H2,1-6H3. The first kappa shape index (κ1) is 20.6. The lowest BCUT2D eigenvalue weighted by Crippen LogP contribution is -2.37. The normalized spacial score (nSPS) is 11.8. The molecule has 0 aliphatic carbocycles. The van der Waals surface area contributed by atoms with Crippen LogP contribution >= 0.6 is 0 Å². The minimum atomic E-state index is -0.582. The lowest BCUT2D eigenvalue weighted by molar-refractivity contribution is -0.137. The van der Waals surface area contributed by atoms with Crippen LogP contribution in [0.4, 0.5) is 0 Å². The van der Waals surface area contributed by atoms with Gasteiger partial charge in [0.25, 0.3) is 5.91 Å². The Hall–Kier alpha value is -2.69. The molecule has 0 N–H and O–H groups in total. The van der Waals surface area contributed by atoms with Gasteiger partial charge in [-0.05, 0) is 42.7 Å². The number of hydrogen-bond acceptors (Lipinski definition) is 4. The number of nitrogens with zero attached hydrogens (tertiary/aromatic N) is 1. The van der Waals surface area contributed by atoms with Gasteiger partial charge in [-0.15, -0.1) is 0 Å². The van der Waals surface area contributed by atoms with Crippen molar-refractivity contribution >= 4 is 5.91 Å². The van der Waals surface area contributed by atoms with Gasteiger partial charge >= 0.3 is 0 Å². The van der Waals surface area contributed by atoms with E-state index >= 15 is 0 Å². The number of carbonyl (C=O) groups is 1. The number of methoxy groups -OCH3 is 2. The van der Waals surface area contributed by atoms with Gasteiger partial charge in [-0.1, -0.05) is 26.0 Å². The van der Waals surface area contributed by atoms with Gasteiger partial charge in [0.2, 0.25) is 0 Å². The Morgan fingerprint density at radius 1 is 1.00 bits per heavy atom. The molecule has 0 aliphatic rings. The molecule has 0 fully saturated rings. The van der Waals surface area contributed by atoms with Crippen LogP contribution in [0.5, 0.6) is 17.2 Å². The molecule has 1 atom stereocenters. The number of likely N-dealkylation sites (N-methyl/N-ethyl adjacent to an activating group) is 1. The molecule has 5 heteroatoms. The van der Waals surface area contributed by atoms with E-state index in [0.29, 0.717) is 29.7 Å². The summed E-state index contributed by atoms with van der Waals surface area (Å²) in [6, 6.07) is 13.4. The zero-order valence-electron chi connectivity index (χ0n) is 17.0. The molecule has 0 radical (unpaired) electrons. The highest BCUT2D eigenvalue weighted by Gasteiger charge is 2.21. The van der Waals surface area contributed by atoms with Crippen LogP contribution in [-0.2, 0) is 11.3 Å². The summed E-state index contributed by atoms with van der Waals surface area (Å²) in [4.78, 5) is 14.4. The zero-order valence-corrected chi connectivity index (χ0v) is 17.0. The van der Waals surface area contributed by atoms with Crippen LogP contribution in [-0.4, -0.2) is 38.2 Å². The highest BCUT2D eigenvalue weighted by molar-refractivity contribution is 5.80. The first-order chi connectivity index (χ1) is 12.8. The SMILES string of the molecule is COc1ccc(CN(C)C(=O)C(C)Oc2cccc(C(C)C)c2)c(OC)c1. The quantitative estimate of drug-likeness (QED) is 0.696. The molecular formula is C22H29NO4. The maximum Gasteiger partial charge on any atom is 0.263 e. The van der Waals surface area contributed by atoms with Crippen LogP contribution in [0.2, 0.25) is 0 Å². The van der Waals surface area contributed by atoms with Gasteiger partial charge in [0.15, 0.2) is 6.10 Å². The van der Waals surface area contributed by atoms with Crippen molar-refractivity contribution in [1.29, 1.82) is 0 Å². The van der Waals surface area contributed by atoms with E-state index in [0.717, 1.165) is 5.56 Å². The first-order valence-electron chi connectivity index (χ1n) is 9.08. The van der Waals surface area contributed by atoms with E-state index < -0.39 is 6.10 Å². The minimum Gasteiger partial charge on any atom is -0.497 e. The lowest BCUT2D eigenvalue weighted by atomic mass is 10.0. The van der Waals surface area contributed by atoms with Crippen molar-refractivity contribution in [2.45, 2.75) is 39.3 Å². The molecule has 0 heterocycles.